The Morgan fingerprint density at radius 3 is 2.52 bits per heavy atom. The summed E-state index contributed by atoms with van der Waals surface area (Å²) in [6.07, 6.45) is 9.50. The SMILES string of the molecule is CCNC(=NCC1CC1c1ccccc1)NC1CCN(C2CCCC2)CC1. The van der Waals surface area contributed by atoms with E-state index in [4.69, 9.17) is 4.99 Å². The number of piperidine rings is 1. The fourth-order valence-corrected chi connectivity index (χ4v) is 4.96. The Morgan fingerprint density at radius 1 is 1.07 bits per heavy atom. The van der Waals surface area contributed by atoms with E-state index in [1.807, 2.05) is 0 Å². The molecule has 1 aromatic carbocycles. The Hall–Kier alpha value is -1.55. The molecule has 1 aliphatic heterocycles. The number of hydrogen-bond acceptors (Lipinski definition) is 2. The molecule has 27 heavy (non-hydrogen) atoms. The minimum Gasteiger partial charge on any atom is -0.357 e. The highest BCUT2D eigenvalue weighted by molar-refractivity contribution is 5.80. The number of hydrogen-bond donors (Lipinski definition) is 2. The van der Waals surface area contributed by atoms with Crippen LogP contribution < -0.4 is 10.6 Å². The molecule has 4 nitrogen and oxygen atoms in total. The summed E-state index contributed by atoms with van der Waals surface area (Å²) in [5, 5.41) is 7.18. The van der Waals surface area contributed by atoms with Crippen molar-refractivity contribution in [3.05, 3.63) is 35.9 Å². The maximum atomic E-state index is 4.92. The summed E-state index contributed by atoms with van der Waals surface area (Å²) in [6, 6.07) is 12.4. The molecular formula is C23H36N4. The van der Waals surface area contributed by atoms with Gasteiger partial charge in [0, 0.05) is 38.3 Å². The molecule has 2 aliphatic carbocycles. The lowest BCUT2D eigenvalue weighted by Gasteiger charge is -2.36. The quantitative estimate of drug-likeness (QED) is 0.593. The van der Waals surface area contributed by atoms with Crippen LogP contribution in [0.5, 0.6) is 0 Å². The molecule has 0 spiro atoms. The van der Waals surface area contributed by atoms with Gasteiger partial charge in [0.05, 0.1) is 0 Å². The maximum absolute atomic E-state index is 4.92. The van der Waals surface area contributed by atoms with Gasteiger partial charge in [0.15, 0.2) is 5.96 Å². The van der Waals surface area contributed by atoms with Crippen molar-refractivity contribution in [2.45, 2.75) is 69.9 Å². The zero-order chi connectivity index (χ0) is 18.5. The smallest absolute Gasteiger partial charge is 0.191 e. The van der Waals surface area contributed by atoms with Gasteiger partial charge in [-0.15, -0.1) is 0 Å². The van der Waals surface area contributed by atoms with Crippen LogP contribution in [0.4, 0.5) is 0 Å². The van der Waals surface area contributed by atoms with Crippen molar-refractivity contribution in [1.82, 2.24) is 15.5 Å². The normalized spacial score (nSPS) is 27.7. The molecule has 1 heterocycles. The topological polar surface area (TPSA) is 39.7 Å². The van der Waals surface area contributed by atoms with Crippen LogP contribution in [0.25, 0.3) is 0 Å². The summed E-state index contributed by atoms with van der Waals surface area (Å²) in [5.41, 5.74) is 1.48. The highest BCUT2D eigenvalue weighted by Crippen LogP contribution is 2.47. The van der Waals surface area contributed by atoms with Crippen molar-refractivity contribution in [3.8, 4) is 0 Å². The van der Waals surface area contributed by atoms with E-state index in [-0.39, 0.29) is 0 Å². The van der Waals surface area contributed by atoms with Crippen molar-refractivity contribution < 1.29 is 0 Å². The third kappa shape index (κ3) is 5.04. The van der Waals surface area contributed by atoms with Gasteiger partial charge in [0.2, 0.25) is 0 Å². The van der Waals surface area contributed by atoms with Crippen molar-refractivity contribution in [1.29, 1.82) is 0 Å². The van der Waals surface area contributed by atoms with Crippen molar-refractivity contribution in [2.24, 2.45) is 10.9 Å². The Balaban J connectivity index is 1.24. The van der Waals surface area contributed by atoms with Crippen LogP contribution in [0.2, 0.25) is 0 Å². The summed E-state index contributed by atoms with van der Waals surface area (Å²) in [5.74, 6) is 2.45. The van der Waals surface area contributed by atoms with Crippen molar-refractivity contribution in [3.63, 3.8) is 0 Å². The average Bonchev–Trinajstić information content (AvgIpc) is 3.28. The van der Waals surface area contributed by atoms with Gasteiger partial charge in [-0.3, -0.25) is 4.99 Å². The number of aliphatic imine (C=N–C) groups is 1. The highest BCUT2D eigenvalue weighted by Gasteiger charge is 2.37. The molecule has 2 atom stereocenters. The number of nitrogens with zero attached hydrogens (tertiary/aromatic N) is 2. The lowest BCUT2D eigenvalue weighted by atomic mass is 10.0. The molecule has 0 radical (unpaired) electrons. The minimum atomic E-state index is 0.574. The van der Waals surface area contributed by atoms with Gasteiger partial charge >= 0.3 is 0 Å². The Bertz CT molecular complexity index is 600. The second kappa shape index (κ2) is 9.09. The van der Waals surface area contributed by atoms with E-state index in [1.54, 1.807) is 0 Å². The molecule has 4 heteroatoms. The zero-order valence-electron chi connectivity index (χ0n) is 16.9. The van der Waals surface area contributed by atoms with Gasteiger partial charge in [-0.2, -0.15) is 0 Å². The first-order valence-corrected chi connectivity index (χ1v) is 11.2. The number of guanidine groups is 1. The van der Waals surface area contributed by atoms with E-state index in [0.717, 1.165) is 25.1 Å². The third-order valence-electron chi connectivity index (χ3n) is 6.69. The molecule has 0 aromatic heterocycles. The molecule has 0 amide bonds. The van der Waals surface area contributed by atoms with Crippen LogP contribution in [0.1, 0.15) is 63.4 Å². The molecule has 0 bridgehead atoms. The van der Waals surface area contributed by atoms with E-state index in [2.05, 4.69) is 52.8 Å². The Labute approximate surface area is 164 Å². The summed E-state index contributed by atoms with van der Waals surface area (Å²) in [6.45, 7) is 6.53. The summed E-state index contributed by atoms with van der Waals surface area (Å²) in [4.78, 5) is 7.66. The summed E-state index contributed by atoms with van der Waals surface area (Å²) >= 11 is 0. The van der Waals surface area contributed by atoms with Crippen molar-refractivity contribution in [2.75, 3.05) is 26.2 Å². The average molecular weight is 369 g/mol. The van der Waals surface area contributed by atoms with Crippen molar-refractivity contribution >= 4 is 5.96 Å². The largest absolute Gasteiger partial charge is 0.357 e. The predicted molar refractivity (Wildman–Crippen MR) is 113 cm³/mol. The molecule has 4 rings (SSSR count). The van der Waals surface area contributed by atoms with Gasteiger partial charge in [-0.05, 0) is 56.4 Å². The molecule has 1 saturated heterocycles. The molecule has 3 aliphatic rings. The molecule has 3 fully saturated rings. The van der Waals surface area contributed by atoms with E-state index in [0.29, 0.717) is 17.9 Å². The first kappa shape index (κ1) is 18.8. The number of rotatable bonds is 6. The number of benzene rings is 1. The number of nitrogens with one attached hydrogen (secondary N) is 2. The van der Waals surface area contributed by atoms with Gasteiger partial charge in [-0.1, -0.05) is 43.2 Å². The standard InChI is InChI=1S/C23H36N4/c1-2-24-23(25-17-19-16-22(19)18-8-4-3-5-9-18)26-20-12-14-27(15-13-20)21-10-6-7-11-21/h3-5,8-9,19-22H,2,6-7,10-17H2,1H3,(H2,24,25,26). The first-order chi connectivity index (χ1) is 13.3. The van der Waals surface area contributed by atoms with Gasteiger partial charge < -0.3 is 15.5 Å². The second-order valence-electron chi connectivity index (χ2n) is 8.63. The maximum Gasteiger partial charge on any atom is 0.191 e. The lowest BCUT2D eigenvalue weighted by Crippen LogP contribution is -2.50. The van der Waals surface area contributed by atoms with Crippen LogP contribution in [-0.2, 0) is 0 Å². The summed E-state index contributed by atoms with van der Waals surface area (Å²) < 4.78 is 0. The lowest BCUT2D eigenvalue weighted by molar-refractivity contribution is 0.150. The number of likely N-dealkylation sites (tertiary alicyclic amines) is 1. The molecule has 2 N–H and O–H groups in total. The van der Waals surface area contributed by atoms with Gasteiger partial charge in [0.1, 0.15) is 0 Å². The molecule has 148 valence electrons. The fourth-order valence-electron chi connectivity index (χ4n) is 4.96. The zero-order valence-corrected chi connectivity index (χ0v) is 16.9. The van der Waals surface area contributed by atoms with E-state index < -0.39 is 0 Å². The summed E-state index contributed by atoms with van der Waals surface area (Å²) in [7, 11) is 0. The molecule has 2 saturated carbocycles. The molecular weight excluding hydrogens is 332 g/mol. The van der Waals surface area contributed by atoms with E-state index in [1.165, 1.54) is 63.6 Å². The van der Waals surface area contributed by atoms with Gasteiger partial charge in [0.25, 0.3) is 0 Å². The monoisotopic (exact) mass is 368 g/mol. The predicted octanol–water partition coefficient (Wildman–Crippen LogP) is 3.75. The van der Waals surface area contributed by atoms with Crippen LogP contribution in [0.15, 0.2) is 35.3 Å². The van der Waals surface area contributed by atoms with E-state index >= 15 is 0 Å². The fraction of sp³-hybridized carbons (Fsp3) is 0.696. The van der Waals surface area contributed by atoms with Gasteiger partial charge in [-0.25, -0.2) is 0 Å². The second-order valence-corrected chi connectivity index (χ2v) is 8.63. The van der Waals surface area contributed by atoms with Crippen LogP contribution in [0, 0.1) is 5.92 Å². The highest BCUT2D eigenvalue weighted by atomic mass is 15.2. The van der Waals surface area contributed by atoms with E-state index in [9.17, 15) is 0 Å². The van der Waals surface area contributed by atoms with Crippen LogP contribution >= 0.6 is 0 Å². The third-order valence-corrected chi connectivity index (χ3v) is 6.69. The minimum absolute atomic E-state index is 0.574. The Morgan fingerprint density at radius 2 is 1.81 bits per heavy atom. The first-order valence-electron chi connectivity index (χ1n) is 11.2. The van der Waals surface area contributed by atoms with Crippen LogP contribution in [0.3, 0.4) is 0 Å². The molecule has 2 unspecified atom stereocenters. The van der Waals surface area contributed by atoms with Crippen LogP contribution in [-0.4, -0.2) is 49.1 Å². The molecule has 1 aromatic rings. The Kier molecular flexibility index (Phi) is 6.33.